The van der Waals surface area contributed by atoms with Crippen molar-refractivity contribution in [3.63, 3.8) is 0 Å². The first-order chi connectivity index (χ1) is 12.0. The molecule has 130 valence electrons. The normalized spacial score (nSPS) is 12.5. The molecule has 0 saturated heterocycles. The van der Waals surface area contributed by atoms with Crippen LogP contribution in [0.15, 0.2) is 48.5 Å². The molecule has 25 heavy (non-hydrogen) atoms. The van der Waals surface area contributed by atoms with Gasteiger partial charge >= 0.3 is 0 Å². The van der Waals surface area contributed by atoms with E-state index in [9.17, 15) is 9.18 Å². The topological polar surface area (TPSA) is 48.1 Å². The first-order valence-corrected chi connectivity index (χ1v) is 8.31. The lowest BCUT2D eigenvalue weighted by atomic mass is 10.1. The van der Waals surface area contributed by atoms with Crippen LogP contribution >= 0.6 is 11.6 Å². The molecule has 3 aromatic rings. The lowest BCUT2D eigenvalue weighted by molar-refractivity contribution is 0.0937. The zero-order chi connectivity index (χ0) is 18.0. The van der Waals surface area contributed by atoms with Crippen LogP contribution in [-0.4, -0.2) is 36.4 Å². The second-order valence-corrected chi connectivity index (χ2v) is 6.53. The van der Waals surface area contributed by atoms with Gasteiger partial charge in [-0.2, -0.15) is 0 Å². The number of halogens is 2. The predicted octanol–water partition coefficient (Wildman–Crippen LogP) is 3.99. The Bertz CT molecular complexity index is 907. The molecule has 2 aromatic carbocycles. The highest BCUT2D eigenvalue weighted by atomic mass is 35.5. The first-order valence-electron chi connectivity index (χ1n) is 7.93. The van der Waals surface area contributed by atoms with Crippen LogP contribution in [0.5, 0.6) is 0 Å². The summed E-state index contributed by atoms with van der Waals surface area (Å²) >= 11 is 6.28. The molecule has 3 rings (SSSR count). The average molecular weight is 360 g/mol. The quantitative estimate of drug-likeness (QED) is 0.723. The van der Waals surface area contributed by atoms with Gasteiger partial charge in [0.1, 0.15) is 11.5 Å². The summed E-state index contributed by atoms with van der Waals surface area (Å²) in [6, 6.07) is 13.6. The second-order valence-electron chi connectivity index (χ2n) is 6.13. The van der Waals surface area contributed by atoms with Gasteiger partial charge in [0, 0.05) is 22.5 Å². The highest BCUT2D eigenvalue weighted by molar-refractivity contribution is 6.31. The van der Waals surface area contributed by atoms with Crippen LogP contribution in [0.1, 0.15) is 22.1 Å². The minimum atomic E-state index is -0.329. The van der Waals surface area contributed by atoms with E-state index in [0.29, 0.717) is 22.6 Å². The predicted molar refractivity (Wildman–Crippen MR) is 98.5 cm³/mol. The fourth-order valence-electron chi connectivity index (χ4n) is 2.83. The van der Waals surface area contributed by atoms with Gasteiger partial charge in [0.05, 0.1) is 6.04 Å². The highest BCUT2D eigenvalue weighted by Crippen LogP contribution is 2.25. The number of rotatable bonds is 5. The lowest BCUT2D eigenvalue weighted by Crippen LogP contribution is -2.34. The van der Waals surface area contributed by atoms with E-state index >= 15 is 0 Å². The van der Waals surface area contributed by atoms with Crippen molar-refractivity contribution in [3.05, 3.63) is 70.6 Å². The summed E-state index contributed by atoms with van der Waals surface area (Å²) in [5.41, 5.74) is 2.08. The van der Waals surface area contributed by atoms with Crippen LogP contribution in [0.4, 0.5) is 4.39 Å². The molecular weight excluding hydrogens is 341 g/mol. The maximum absolute atomic E-state index is 13.3. The lowest BCUT2D eigenvalue weighted by Gasteiger charge is -2.25. The van der Waals surface area contributed by atoms with Gasteiger partial charge in [-0.05, 0) is 50.0 Å². The zero-order valence-corrected chi connectivity index (χ0v) is 14.8. The molecule has 1 heterocycles. The maximum atomic E-state index is 13.3. The van der Waals surface area contributed by atoms with Crippen LogP contribution in [0.3, 0.4) is 0 Å². The molecule has 0 spiro atoms. The van der Waals surface area contributed by atoms with Gasteiger partial charge in [0.2, 0.25) is 0 Å². The minimum absolute atomic E-state index is 0.0560. The molecule has 0 aliphatic carbocycles. The van der Waals surface area contributed by atoms with E-state index in [0.717, 1.165) is 11.1 Å². The number of carbonyl (C=O) groups is 1. The highest BCUT2D eigenvalue weighted by Gasteiger charge is 2.19. The molecule has 0 radical (unpaired) electrons. The molecule has 1 amide bonds. The van der Waals surface area contributed by atoms with Crippen molar-refractivity contribution in [2.45, 2.75) is 6.04 Å². The molecule has 0 aliphatic rings. The molecular formula is C19H19ClFN3O. The maximum Gasteiger partial charge on any atom is 0.267 e. The van der Waals surface area contributed by atoms with E-state index in [4.69, 9.17) is 11.6 Å². The van der Waals surface area contributed by atoms with Crippen molar-refractivity contribution >= 4 is 28.4 Å². The minimum Gasteiger partial charge on any atom is -0.351 e. The number of nitrogens with zero attached hydrogens (tertiary/aromatic N) is 1. The van der Waals surface area contributed by atoms with Gasteiger partial charge in [0.15, 0.2) is 0 Å². The Balaban J connectivity index is 1.76. The van der Waals surface area contributed by atoms with E-state index in [1.807, 2.05) is 43.3 Å². The number of nitrogens with one attached hydrogen (secondary N) is 2. The SMILES string of the molecule is CN(C)C(CNC(=O)c1cc2cc(F)ccc2[nH]1)c1ccccc1Cl. The van der Waals surface area contributed by atoms with E-state index in [1.54, 1.807) is 12.1 Å². The number of hydrogen-bond acceptors (Lipinski definition) is 2. The van der Waals surface area contributed by atoms with E-state index in [1.165, 1.54) is 12.1 Å². The number of benzene rings is 2. The summed E-state index contributed by atoms with van der Waals surface area (Å²) in [5.74, 6) is -0.569. The monoisotopic (exact) mass is 359 g/mol. The smallest absolute Gasteiger partial charge is 0.267 e. The van der Waals surface area contributed by atoms with Crippen molar-refractivity contribution in [3.8, 4) is 0 Å². The number of likely N-dealkylation sites (N-methyl/N-ethyl adjacent to an activating group) is 1. The summed E-state index contributed by atoms with van der Waals surface area (Å²) in [6.07, 6.45) is 0. The average Bonchev–Trinajstić information content (AvgIpc) is 2.99. The number of hydrogen-bond donors (Lipinski definition) is 2. The Kier molecular flexibility index (Phi) is 5.06. The molecule has 0 aliphatic heterocycles. The summed E-state index contributed by atoms with van der Waals surface area (Å²) < 4.78 is 13.3. The standard InChI is InChI=1S/C19H19ClFN3O/c1-24(2)18(14-5-3-4-6-15(14)20)11-22-19(25)17-10-12-9-13(21)7-8-16(12)23-17/h3-10,18,23H,11H2,1-2H3,(H,22,25). The molecule has 1 atom stereocenters. The molecule has 2 N–H and O–H groups in total. The van der Waals surface area contributed by atoms with Crippen LogP contribution in [0.2, 0.25) is 5.02 Å². The first kappa shape index (κ1) is 17.5. The number of aromatic amines is 1. The number of carbonyl (C=O) groups excluding carboxylic acids is 1. The third kappa shape index (κ3) is 3.83. The fraction of sp³-hybridized carbons (Fsp3) is 0.211. The van der Waals surface area contributed by atoms with E-state index < -0.39 is 0 Å². The molecule has 0 bridgehead atoms. The van der Waals surface area contributed by atoms with Crippen LogP contribution in [-0.2, 0) is 0 Å². The van der Waals surface area contributed by atoms with Crippen molar-refractivity contribution in [2.75, 3.05) is 20.6 Å². The van der Waals surface area contributed by atoms with Gasteiger partial charge in [-0.3, -0.25) is 4.79 Å². The molecule has 0 fully saturated rings. The summed E-state index contributed by atoms with van der Waals surface area (Å²) in [6.45, 7) is 0.402. The van der Waals surface area contributed by atoms with Crippen LogP contribution < -0.4 is 5.32 Å². The van der Waals surface area contributed by atoms with Gasteiger partial charge in [-0.1, -0.05) is 29.8 Å². The largest absolute Gasteiger partial charge is 0.351 e. The third-order valence-electron chi connectivity index (χ3n) is 4.17. The number of H-pyrrole nitrogens is 1. The van der Waals surface area contributed by atoms with Gasteiger partial charge in [0.25, 0.3) is 5.91 Å². The van der Waals surface area contributed by atoms with Crippen molar-refractivity contribution < 1.29 is 9.18 Å². The van der Waals surface area contributed by atoms with Gasteiger partial charge in [-0.15, -0.1) is 0 Å². The number of amides is 1. The fourth-order valence-corrected chi connectivity index (χ4v) is 3.09. The van der Waals surface area contributed by atoms with Crippen molar-refractivity contribution in [1.29, 1.82) is 0 Å². The van der Waals surface area contributed by atoms with Crippen molar-refractivity contribution in [2.24, 2.45) is 0 Å². The molecule has 1 unspecified atom stereocenters. The van der Waals surface area contributed by atoms with Gasteiger partial charge in [-0.25, -0.2) is 4.39 Å². The Morgan fingerprint density at radius 3 is 2.72 bits per heavy atom. The summed E-state index contributed by atoms with van der Waals surface area (Å²) in [5, 5.41) is 4.25. The molecule has 0 saturated carbocycles. The summed E-state index contributed by atoms with van der Waals surface area (Å²) in [4.78, 5) is 17.5. The van der Waals surface area contributed by atoms with Crippen LogP contribution in [0.25, 0.3) is 10.9 Å². The molecule has 1 aromatic heterocycles. The number of fused-ring (bicyclic) bond motifs is 1. The zero-order valence-electron chi connectivity index (χ0n) is 14.0. The van der Waals surface area contributed by atoms with E-state index in [2.05, 4.69) is 10.3 Å². The molecule has 4 nitrogen and oxygen atoms in total. The van der Waals surface area contributed by atoms with Crippen LogP contribution in [0, 0.1) is 5.82 Å². The Hall–Kier alpha value is -2.37. The third-order valence-corrected chi connectivity index (χ3v) is 4.52. The number of aromatic nitrogens is 1. The Labute approximate surface area is 150 Å². The Morgan fingerprint density at radius 1 is 1.24 bits per heavy atom. The molecule has 6 heteroatoms. The second kappa shape index (κ2) is 7.25. The van der Waals surface area contributed by atoms with E-state index in [-0.39, 0.29) is 17.8 Å². The van der Waals surface area contributed by atoms with Gasteiger partial charge < -0.3 is 15.2 Å². The summed E-state index contributed by atoms with van der Waals surface area (Å²) in [7, 11) is 3.87. The Morgan fingerprint density at radius 2 is 2.00 bits per heavy atom. The van der Waals surface area contributed by atoms with Crippen molar-refractivity contribution in [1.82, 2.24) is 15.2 Å².